The second-order valence-electron chi connectivity index (χ2n) is 6.12. The van der Waals surface area contributed by atoms with Crippen LogP contribution in [0.5, 0.6) is 0 Å². The summed E-state index contributed by atoms with van der Waals surface area (Å²) >= 11 is 0. The molecule has 1 aliphatic carbocycles. The first-order valence-corrected chi connectivity index (χ1v) is 7.75. The Balaban J connectivity index is 1.62. The van der Waals surface area contributed by atoms with Gasteiger partial charge in [-0.15, -0.1) is 0 Å². The zero-order chi connectivity index (χ0) is 14.8. The highest BCUT2D eigenvalue weighted by Gasteiger charge is 2.34. The van der Waals surface area contributed by atoms with Crippen molar-refractivity contribution in [2.45, 2.75) is 51.4 Å². The van der Waals surface area contributed by atoms with Gasteiger partial charge < -0.3 is 14.8 Å². The topological polar surface area (TPSA) is 47.6 Å². The third kappa shape index (κ3) is 3.27. The summed E-state index contributed by atoms with van der Waals surface area (Å²) < 4.78 is 11.5. The Morgan fingerprint density at radius 3 is 2.67 bits per heavy atom. The average Bonchev–Trinajstić information content (AvgIpc) is 2.47. The van der Waals surface area contributed by atoms with E-state index in [2.05, 4.69) is 5.32 Å². The Bertz CT molecular complexity index is 529. The Hall–Kier alpha value is -1.39. The van der Waals surface area contributed by atoms with Crippen LogP contribution in [0.4, 0.5) is 0 Å². The Labute approximate surface area is 125 Å². The highest BCUT2D eigenvalue weighted by atomic mass is 16.6. The maximum absolute atomic E-state index is 12.4. The molecule has 1 aliphatic heterocycles. The summed E-state index contributed by atoms with van der Waals surface area (Å²) in [6.45, 7) is 5.38. The number of hydrogen-bond acceptors (Lipinski definition) is 3. The Morgan fingerprint density at radius 1 is 1.14 bits per heavy atom. The minimum absolute atomic E-state index is 0.0210. The van der Waals surface area contributed by atoms with Crippen molar-refractivity contribution in [2.75, 3.05) is 13.2 Å². The molecule has 2 aliphatic rings. The van der Waals surface area contributed by atoms with E-state index in [1.165, 1.54) is 5.56 Å². The van der Waals surface area contributed by atoms with E-state index in [1.54, 1.807) is 0 Å². The summed E-state index contributed by atoms with van der Waals surface area (Å²) in [5, 5.41) is 3.15. The molecule has 3 unspecified atom stereocenters. The maximum Gasteiger partial charge on any atom is 0.251 e. The minimum atomic E-state index is 0.0210. The number of carbonyl (C=O) groups is 1. The lowest BCUT2D eigenvalue weighted by Crippen LogP contribution is -2.49. The normalized spacial score (nSPS) is 28.8. The van der Waals surface area contributed by atoms with Crippen LogP contribution in [-0.2, 0) is 9.47 Å². The Morgan fingerprint density at radius 2 is 1.90 bits per heavy atom. The van der Waals surface area contributed by atoms with Gasteiger partial charge >= 0.3 is 0 Å². The lowest BCUT2D eigenvalue weighted by atomic mass is 9.89. The lowest BCUT2D eigenvalue weighted by Gasteiger charge is -2.39. The van der Waals surface area contributed by atoms with Crippen LogP contribution in [0.3, 0.4) is 0 Å². The first-order chi connectivity index (χ1) is 10.1. The fourth-order valence-corrected chi connectivity index (χ4v) is 3.33. The molecule has 1 aromatic carbocycles. The summed E-state index contributed by atoms with van der Waals surface area (Å²) in [7, 11) is 0. The molecule has 4 nitrogen and oxygen atoms in total. The van der Waals surface area contributed by atoms with E-state index < -0.39 is 0 Å². The number of fused-ring (bicyclic) bond motifs is 1. The van der Waals surface area contributed by atoms with Crippen molar-refractivity contribution < 1.29 is 14.3 Å². The second-order valence-corrected chi connectivity index (χ2v) is 6.12. The maximum atomic E-state index is 12.4. The average molecular weight is 289 g/mol. The van der Waals surface area contributed by atoms with E-state index >= 15 is 0 Å². The third-order valence-corrected chi connectivity index (χ3v) is 4.44. The van der Waals surface area contributed by atoms with Crippen molar-refractivity contribution >= 4 is 5.91 Å². The number of amides is 1. The third-order valence-electron chi connectivity index (χ3n) is 4.44. The molecule has 1 amide bonds. The molecule has 1 N–H and O–H groups in total. The summed E-state index contributed by atoms with van der Waals surface area (Å²) in [6, 6.07) is 6.12. The Kier molecular flexibility index (Phi) is 4.27. The van der Waals surface area contributed by atoms with Crippen molar-refractivity contribution in [1.29, 1.82) is 0 Å². The SMILES string of the molecule is Cc1ccc(C(=O)NC2CCC3OCCOC3C2)c(C)c1. The van der Waals surface area contributed by atoms with Crippen molar-refractivity contribution in [3.63, 3.8) is 0 Å². The van der Waals surface area contributed by atoms with Gasteiger partial charge in [0.25, 0.3) is 5.91 Å². The molecule has 3 atom stereocenters. The molecular weight excluding hydrogens is 266 g/mol. The quantitative estimate of drug-likeness (QED) is 0.909. The summed E-state index contributed by atoms with van der Waals surface area (Å²) in [5.74, 6) is 0.0210. The lowest BCUT2D eigenvalue weighted by molar-refractivity contribution is -0.157. The first-order valence-electron chi connectivity index (χ1n) is 7.75. The fourth-order valence-electron chi connectivity index (χ4n) is 3.33. The van der Waals surface area contributed by atoms with Crippen LogP contribution in [0.1, 0.15) is 40.7 Å². The minimum Gasteiger partial charge on any atom is -0.373 e. The highest BCUT2D eigenvalue weighted by Crippen LogP contribution is 2.27. The predicted molar refractivity (Wildman–Crippen MR) is 80.5 cm³/mol. The molecule has 1 heterocycles. The van der Waals surface area contributed by atoms with Gasteiger partial charge in [0.15, 0.2) is 0 Å². The van der Waals surface area contributed by atoms with Crippen LogP contribution >= 0.6 is 0 Å². The van der Waals surface area contributed by atoms with E-state index in [4.69, 9.17) is 9.47 Å². The molecule has 2 fully saturated rings. The molecule has 1 saturated heterocycles. The van der Waals surface area contributed by atoms with Crippen LogP contribution in [0.25, 0.3) is 0 Å². The monoisotopic (exact) mass is 289 g/mol. The van der Waals surface area contributed by atoms with E-state index in [0.29, 0.717) is 13.2 Å². The number of aryl methyl sites for hydroxylation is 2. The first kappa shape index (κ1) is 14.5. The van der Waals surface area contributed by atoms with Gasteiger partial charge in [-0.3, -0.25) is 4.79 Å². The van der Waals surface area contributed by atoms with Crippen molar-refractivity contribution in [3.8, 4) is 0 Å². The fraction of sp³-hybridized carbons (Fsp3) is 0.588. The van der Waals surface area contributed by atoms with Gasteiger partial charge in [0, 0.05) is 11.6 Å². The second kappa shape index (κ2) is 6.16. The summed E-state index contributed by atoms with van der Waals surface area (Å²) in [5.41, 5.74) is 2.97. The van der Waals surface area contributed by atoms with Crippen LogP contribution in [0.2, 0.25) is 0 Å². The number of hydrogen-bond donors (Lipinski definition) is 1. The van der Waals surface area contributed by atoms with Gasteiger partial charge in [-0.25, -0.2) is 0 Å². The van der Waals surface area contributed by atoms with Gasteiger partial charge in [0.05, 0.1) is 25.4 Å². The van der Waals surface area contributed by atoms with E-state index in [-0.39, 0.29) is 24.2 Å². The highest BCUT2D eigenvalue weighted by molar-refractivity contribution is 5.95. The van der Waals surface area contributed by atoms with Crippen LogP contribution in [0.15, 0.2) is 18.2 Å². The molecule has 0 spiro atoms. The van der Waals surface area contributed by atoms with Crippen molar-refractivity contribution in [1.82, 2.24) is 5.32 Å². The van der Waals surface area contributed by atoms with Crippen molar-refractivity contribution in [2.24, 2.45) is 0 Å². The number of carbonyl (C=O) groups excluding carboxylic acids is 1. The van der Waals surface area contributed by atoms with Gasteiger partial charge in [-0.2, -0.15) is 0 Å². The van der Waals surface area contributed by atoms with Gasteiger partial charge in [0.1, 0.15) is 0 Å². The number of ether oxygens (including phenoxy) is 2. The van der Waals surface area contributed by atoms with E-state index in [1.807, 2.05) is 32.0 Å². The van der Waals surface area contributed by atoms with Crippen LogP contribution < -0.4 is 5.32 Å². The number of benzene rings is 1. The van der Waals surface area contributed by atoms with Gasteiger partial charge in [-0.05, 0) is 44.7 Å². The van der Waals surface area contributed by atoms with E-state index in [0.717, 1.165) is 30.4 Å². The van der Waals surface area contributed by atoms with E-state index in [9.17, 15) is 4.79 Å². The molecule has 0 radical (unpaired) electrons. The molecule has 4 heteroatoms. The van der Waals surface area contributed by atoms with Gasteiger partial charge in [0.2, 0.25) is 0 Å². The van der Waals surface area contributed by atoms with Crippen LogP contribution in [-0.4, -0.2) is 37.4 Å². The zero-order valence-electron chi connectivity index (χ0n) is 12.7. The molecule has 1 aromatic rings. The standard InChI is InChI=1S/C17H23NO3/c1-11-3-5-14(12(2)9-11)17(19)18-13-4-6-15-16(10-13)21-8-7-20-15/h3,5,9,13,15-16H,4,6-8,10H2,1-2H3,(H,18,19). The molecule has 21 heavy (non-hydrogen) atoms. The number of nitrogens with one attached hydrogen (secondary N) is 1. The molecule has 3 rings (SSSR count). The van der Waals surface area contributed by atoms with Crippen LogP contribution in [0, 0.1) is 13.8 Å². The summed E-state index contributed by atoms with van der Waals surface area (Å²) in [4.78, 5) is 12.4. The summed E-state index contributed by atoms with van der Waals surface area (Å²) in [6.07, 6.45) is 3.12. The van der Waals surface area contributed by atoms with Crippen molar-refractivity contribution in [3.05, 3.63) is 34.9 Å². The molecule has 0 bridgehead atoms. The number of rotatable bonds is 2. The largest absolute Gasteiger partial charge is 0.373 e. The van der Waals surface area contributed by atoms with Gasteiger partial charge in [-0.1, -0.05) is 17.7 Å². The smallest absolute Gasteiger partial charge is 0.251 e. The molecule has 114 valence electrons. The molecule has 0 aromatic heterocycles. The predicted octanol–water partition coefficient (Wildman–Crippen LogP) is 2.37. The zero-order valence-corrected chi connectivity index (χ0v) is 12.7. The molecular formula is C17H23NO3. The molecule has 1 saturated carbocycles.